The molecular formula is C29H36FN3O4. The van der Waals surface area contributed by atoms with Crippen molar-refractivity contribution in [1.82, 2.24) is 15.2 Å². The second kappa shape index (κ2) is 12.8. The van der Waals surface area contributed by atoms with Crippen molar-refractivity contribution in [3.63, 3.8) is 0 Å². The lowest BCUT2D eigenvalue weighted by Gasteiger charge is -2.37. The number of piperidine rings is 1. The van der Waals surface area contributed by atoms with Crippen LogP contribution in [-0.4, -0.2) is 67.9 Å². The highest BCUT2D eigenvalue weighted by atomic mass is 19.1. The highest BCUT2D eigenvalue weighted by Gasteiger charge is 2.30. The molecule has 37 heavy (non-hydrogen) atoms. The average Bonchev–Trinajstić information content (AvgIpc) is 2.90. The first-order valence-electron chi connectivity index (χ1n) is 12.9. The van der Waals surface area contributed by atoms with Gasteiger partial charge in [0.15, 0.2) is 0 Å². The summed E-state index contributed by atoms with van der Waals surface area (Å²) in [7, 11) is 1.62. The average molecular weight is 510 g/mol. The molecule has 0 bridgehead atoms. The van der Waals surface area contributed by atoms with Crippen LogP contribution >= 0.6 is 0 Å². The van der Waals surface area contributed by atoms with Gasteiger partial charge in [0.05, 0.1) is 13.2 Å². The highest BCUT2D eigenvalue weighted by molar-refractivity contribution is 5.98. The third-order valence-corrected chi connectivity index (χ3v) is 6.55. The summed E-state index contributed by atoms with van der Waals surface area (Å²) >= 11 is 0. The maximum Gasteiger partial charge on any atom is 0.273 e. The van der Waals surface area contributed by atoms with Gasteiger partial charge in [-0.3, -0.25) is 4.79 Å². The number of nitrogens with zero attached hydrogens (tertiary/aromatic N) is 2. The summed E-state index contributed by atoms with van der Waals surface area (Å²) in [6.07, 6.45) is 2.60. The standard InChI is InChI=1S/C29H36FN3O4/c1-20(2)33(23-6-5-14-31-19-23)29(34)25-18-27(37-17-16-35-3)24-7-4-8-26(28(24)32-25)36-15-13-21-9-11-22(30)12-10-21/h4,7-12,18,20,23,31H,5-6,13-17,19H2,1-3H3/t23-/m1/s1. The monoisotopic (exact) mass is 509 g/mol. The van der Waals surface area contributed by atoms with Gasteiger partial charge in [0.1, 0.15) is 35.1 Å². The smallest absolute Gasteiger partial charge is 0.273 e. The van der Waals surface area contributed by atoms with Crippen molar-refractivity contribution in [3.8, 4) is 11.5 Å². The lowest BCUT2D eigenvalue weighted by atomic mass is 10.0. The Balaban J connectivity index is 1.65. The lowest BCUT2D eigenvalue weighted by Crippen LogP contribution is -2.51. The molecule has 0 spiro atoms. The molecule has 198 valence electrons. The minimum atomic E-state index is -0.263. The van der Waals surface area contributed by atoms with Crippen molar-refractivity contribution >= 4 is 16.8 Å². The number of hydrogen-bond acceptors (Lipinski definition) is 6. The number of fused-ring (bicyclic) bond motifs is 1. The molecule has 1 aliphatic rings. The Hall–Kier alpha value is -3.23. The second-order valence-electron chi connectivity index (χ2n) is 9.53. The van der Waals surface area contributed by atoms with Gasteiger partial charge >= 0.3 is 0 Å². The third-order valence-electron chi connectivity index (χ3n) is 6.55. The number of nitrogens with one attached hydrogen (secondary N) is 1. The fourth-order valence-electron chi connectivity index (χ4n) is 4.73. The minimum Gasteiger partial charge on any atom is -0.491 e. The van der Waals surface area contributed by atoms with Crippen LogP contribution in [0, 0.1) is 5.82 Å². The van der Waals surface area contributed by atoms with Gasteiger partial charge in [-0.05, 0) is 63.1 Å². The minimum absolute atomic E-state index is 0.0231. The molecule has 1 aromatic heterocycles. The molecule has 2 aromatic carbocycles. The van der Waals surface area contributed by atoms with Crippen LogP contribution in [0.5, 0.6) is 11.5 Å². The summed E-state index contributed by atoms with van der Waals surface area (Å²) in [6, 6.07) is 13.9. The number of aromatic nitrogens is 1. The molecule has 1 saturated heterocycles. The predicted octanol–water partition coefficient (Wildman–Crippen LogP) is 4.62. The largest absolute Gasteiger partial charge is 0.491 e. The molecule has 1 fully saturated rings. The van der Waals surface area contributed by atoms with Crippen LogP contribution in [0.3, 0.4) is 0 Å². The Morgan fingerprint density at radius 1 is 1.11 bits per heavy atom. The van der Waals surface area contributed by atoms with E-state index in [0.29, 0.717) is 49.0 Å². The molecule has 0 unspecified atom stereocenters. The van der Waals surface area contributed by atoms with Gasteiger partial charge in [-0.1, -0.05) is 18.2 Å². The Morgan fingerprint density at radius 3 is 2.59 bits per heavy atom. The number of halogens is 1. The van der Waals surface area contributed by atoms with Crippen LogP contribution in [0.4, 0.5) is 4.39 Å². The Labute approximate surface area is 217 Å². The molecule has 0 aliphatic carbocycles. The van der Waals surface area contributed by atoms with Gasteiger partial charge in [0.25, 0.3) is 5.91 Å². The molecule has 4 rings (SSSR count). The Kier molecular flexibility index (Phi) is 9.30. The first-order valence-corrected chi connectivity index (χ1v) is 12.9. The zero-order valence-electron chi connectivity index (χ0n) is 21.8. The van der Waals surface area contributed by atoms with E-state index in [1.54, 1.807) is 25.3 Å². The van der Waals surface area contributed by atoms with Crippen molar-refractivity contribution in [3.05, 3.63) is 65.6 Å². The van der Waals surface area contributed by atoms with E-state index in [-0.39, 0.29) is 23.8 Å². The fourth-order valence-corrected chi connectivity index (χ4v) is 4.73. The van der Waals surface area contributed by atoms with E-state index in [0.717, 1.165) is 36.9 Å². The summed E-state index contributed by atoms with van der Waals surface area (Å²) in [5.41, 5.74) is 1.88. The van der Waals surface area contributed by atoms with E-state index in [1.807, 2.05) is 36.9 Å². The van der Waals surface area contributed by atoms with Crippen LogP contribution in [-0.2, 0) is 11.2 Å². The number of methoxy groups -OCH3 is 1. The van der Waals surface area contributed by atoms with E-state index in [9.17, 15) is 9.18 Å². The summed E-state index contributed by atoms with van der Waals surface area (Å²) in [5, 5.41) is 4.17. The normalized spacial score (nSPS) is 15.6. The lowest BCUT2D eigenvalue weighted by molar-refractivity contribution is 0.0567. The third kappa shape index (κ3) is 6.76. The number of rotatable bonds is 11. The van der Waals surface area contributed by atoms with Gasteiger partial charge in [-0.15, -0.1) is 0 Å². The first-order chi connectivity index (χ1) is 18.0. The molecule has 8 heteroatoms. The van der Waals surface area contributed by atoms with Crippen LogP contribution in [0.15, 0.2) is 48.5 Å². The number of carbonyl (C=O) groups excluding carboxylic acids is 1. The molecule has 1 amide bonds. The zero-order chi connectivity index (χ0) is 26.2. The van der Waals surface area contributed by atoms with Gasteiger partial charge in [-0.2, -0.15) is 0 Å². The fraction of sp³-hybridized carbons (Fsp3) is 0.448. The van der Waals surface area contributed by atoms with E-state index in [1.165, 1.54) is 12.1 Å². The molecule has 1 aliphatic heterocycles. The summed E-state index contributed by atoms with van der Waals surface area (Å²) in [4.78, 5) is 20.6. The number of amides is 1. The van der Waals surface area contributed by atoms with Crippen LogP contribution in [0.2, 0.25) is 0 Å². The highest BCUT2D eigenvalue weighted by Crippen LogP contribution is 2.33. The predicted molar refractivity (Wildman–Crippen MR) is 142 cm³/mol. The van der Waals surface area contributed by atoms with Crippen LogP contribution in [0.1, 0.15) is 42.7 Å². The van der Waals surface area contributed by atoms with E-state index >= 15 is 0 Å². The maximum atomic E-state index is 13.8. The molecule has 2 heterocycles. The quantitative estimate of drug-likeness (QED) is 0.380. The van der Waals surface area contributed by atoms with Crippen molar-refractivity contribution in [2.45, 2.75) is 45.2 Å². The summed E-state index contributed by atoms with van der Waals surface area (Å²) in [6.45, 7) is 6.97. The van der Waals surface area contributed by atoms with Crippen LogP contribution < -0.4 is 14.8 Å². The number of carbonyl (C=O) groups is 1. The molecule has 0 saturated carbocycles. The van der Waals surface area contributed by atoms with Crippen LogP contribution in [0.25, 0.3) is 10.9 Å². The Bertz CT molecular complexity index is 1180. The zero-order valence-corrected chi connectivity index (χ0v) is 21.8. The summed E-state index contributed by atoms with van der Waals surface area (Å²) < 4.78 is 30.5. The molecule has 0 radical (unpaired) electrons. The molecule has 7 nitrogen and oxygen atoms in total. The maximum absolute atomic E-state index is 13.8. The number of pyridine rings is 1. The number of benzene rings is 2. The van der Waals surface area contributed by atoms with Gasteiger partial charge in [-0.25, -0.2) is 9.37 Å². The van der Waals surface area contributed by atoms with Crippen molar-refractivity contribution in [2.24, 2.45) is 0 Å². The second-order valence-corrected chi connectivity index (χ2v) is 9.53. The van der Waals surface area contributed by atoms with Crippen molar-refractivity contribution in [1.29, 1.82) is 0 Å². The molecule has 1 N–H and O–H groups in total. The Morgan fingerprint density at radius 2 is 1.89 bits per heavy atom. The number of ether oxygens (including phenoxy) is 3. The molecular weight excluding hydrogens is 473 g/mol. The van der Waals surface area contributed by atoms with Gasteiger partial charge in [0, 0.05) is 43.6 Å². The summed E-state index contributed by atoms with van der Waals surface area (Å²) in [5.74, 6) is 0.755. The molecule has 1 atom stereocenters. The topological polar surface area (TPSA) is 72.9 Å². The molecule has 3 aromatic rings. The van der Waals surface area contributed by atoms with E-state index in [4.69, 9.17) is 19.2 Å². The number of para-hydroxylation sites is 1. The van der Waals surface area contributed by atoms with E-state index < -0.39 is 0 Å². The van der Waals surface area contributed by atoms with Crippen molar-refractivity contribution in [2.75, 3.05) is 40.0 Å². The van der Waals surface area contributed by atoms with Gasteiger partial charge < -0.3 is 24.4 Å². The van der Waals surface area contributed by atoms with Gasteiger partial charge in [0.2, 0.25) is 0 Å². The number of hydrogen-bond donors (Lipinski definition) is 1. The SMILES string of the molecule is COCCOc1cc(C(=O)N(C(C)C)[C@@H]2CCCNC2)nc2c(OCCc3ccc(F)cc3)cccc12. The van der Waals surface area contributed by atoms with E-state index in [2.05, 4.69) is 5.32 Å². The van der Waals surface area contributed by atoms with Crippen molar-refractivity contribution < 1.29 is 23.4 Å². The first kappa shape index (κ1) is 26.8.